The Bertz CT molecular complexity index is 159. The van der Waals surface area contributed by atoms with Gasteiger partial charge in [0.1, 0.15) is 0 Å². The lowest BCUT2D eigenvalue weighted by molar-refractivity contribution is -0.132. The van der Waals surface area contributed by atoms with Crippen LogP contribution in [-0.2, 0) is 4.79 Å². The van der Waals surface area contributed by atoms with Gasteiger partial charge in [0.2, 0.25) is 0 Å². The molecule has 11 heavy (non-hydrogen) atoms. The highest BCUT2D eigenvalue weighted by Crippen LogP contribution is 2.01. The van der Waals surface area contributed by atoms with E-state index in [2.05, 4.69) is 0 Å². The van der Waals surface area contributed by atoms with Crippen LogP contribution in [0.25, 0.3) is 0 Å². The Morgan fingerprint density at radius 3 is 2.55 bits per heavy atom. The molecule has 3 nitrogen and oxygen atoms in total. The van der Waals surface area contributed by atoms with E-state index in [4.69, 9.17) is 10.2 Å². The van der Waals surface area contributed by atoms with Crippen molar-refractivity contribution in [3.05, 3.63) is 11.6 Å². The van der Waals surface area contributed by atoms with Crippen molar-refractivity contribution in [3.8, 4) is 0 Å². The van der Waals surface area contributed by atoms with Gasteiger partial charge in [0.15, 0.2) is 0 Å². The Morgan fingerprint density at radius 2 is 2.18 bits per heavy atom. The molecule has 0 aliphatic carbocycles. The van der Waals surface area contributed by atoms with Crippen molar-refractivity contribution in [1.82, 2.24) is 0 Å². The minimum atomic E-state index is -0.893. The van der Waals surface area contributed by atoms with Crippen LogP contribution in [0.15, 0.2) is 11.6 Å². The molecule has 0 aromatic heterocycles. The van der Waals surface area contributed by atoms with Gasteiger partial charge in [0.25, 0.3) is 0 Å². The topological polar surface area (TPSA) is 57.5 Å². The molecule has 0 aliphatic heterocycles. The van der Waals surface area contributed by atoms with Crippen molar-refractivity contribution in [2.24, 2.45) is 0 Å². The number of hydrogen-bond acceptors (Lipinski definition) is 2. The third-order valence-electron chi connectivity index (χ3n) is 1.37. The van der Waals surface area contributed by atoms with Gasteiger partial charge in [-0.15, -0.1) is 0 Å². The number of carboxylic acid groups (broad SMARTS) is 1. The summed E-state index contributed by atoms with van der Waals surface area (Å²) in [6.45, 7) is 3.23. The van der Waals surface area contributed by atoms with Crippen LogP contribution in [0, 0.1) is 0 Å². The van der Waals surface area contributed by atoms with Crippen molar-refractivity contribution in [3.63, 3.8) is 0 Å². The lowest BCUT2D eigenvalue weighted by Crippen LogP contribution is -1.99. The fraction of sp³-hybridized carbons (Fsp3) is 0.625. The van der Waals surface area contributed by atoms with Crippen molar-refractivity contribution in [2.45, 2.75) is 32.8 Å². The normalized spacial score (nSPS) is 14.6. The van der Waals surface area contributed by atoms with Gasteiger partial charge in [-0.2, -0.15) is 0 Å². The predicted molar refractivity (Wildman–Crippen MR) is 42.3 cm³/mol. The maximum Gasteiger partial charge on any atom is 0.330 e. The van der Waals surface area contributed by atoms with E-state index in [0.717, 1.165) is 0 Å². The zero-order chi connectivity index (χ0) is 8.85. The van der Waals surface area contributed by atoms with Crippen LogP contribution in [-0.4, -0.2) is 22.3 Å². The summed E-state index contributed by atoms with van der Waals surface area (Å²) in [6, 6.07) is 0. The van der Waals surface area contributed by atoms with Crippen LogP contribution in [0.1, 0.15) is 26.7 Å². The second-order valence-corrected chi connectivity index (χ2v) is 2.62. The first-order chi connectivity index (χ1) is 5.04. The van der Waals surface area contributed by atoms with E-state index in [-0.39, 0.29) is 6.10 Å². The molecular formula is C8H14O3. The monoisotopic (exact) mass is 158 g/mol. The molecule has 0 saturated carbocycles. The summed E-state index contributed by atoms with van der Waals surface area (Å²) in [6.07, 6.45) is 2.50. The summed E-state index contributed by atoms with van der Waals surface area (Å²) in [7, 11) is 0. The number of carboxylic acids is 1. The van der Waals surface area contributed by atoms with E-state index in [0.29, 0.717) is 18.4 Å². The number of aliphatic hydroxyl groups excluding tert-OH is 1. The van der Waals surface area contributed by atoms with Crippen molar-refractivity contribution < 1.29 is 15.0 Å². The van der Waals surface area contributed by atoms with Gasteiger partial charge in [-0.25, -0.2) is 4.79 Å². The molecule has 0 aliphatic rings. The smallest absolute Gasteiger partial charge is 0.330 e. The SMILES string of the molecule is CC(=CCCC(C)O)C(=O)O. The van der Waals surface area contributed by atoms with Gasteiger partial charge in [-0.1, -0.05) is 6.08 Å². The molecule has 64 valence electrons. The highest BCUT2D eigenvalue weighted by atomic mass is 16.4. The summed E-state index contributed by atoms with van der Waals surface area (Å²) in [5.41, 5.74) is 0.339. The quantitative estimate of drug-likeness (QED) is 0.604. The largest absolute Gasteiger partial charge is 0.478 e. The highest BCUT2D eigenvalue weighted by Gasteiger charge is 1.98. The summed E-state index contributed by atoms with van der Waals surface area (Å²) in [5, 5.41) is 17.2. The molecule has 0 amide bonds. The molecule has 0 saturated heterocycles. The lowest BCUT2D eigenvalue weighted by Gasteiger charge is -1.99. The van der Waals surface area contributed by atoms with E-state index in [1.54, 1.807) is 19.9 Å². The average molecular weight is 158 g/mol. The average Bonchev–Trinajstić information content (AvgIpc) is 1.86. The van der Waals surface area contributed by atoms with E-state index in [1.165, 1.54) is 0 Å². The van der Waals surface area contributed by atoms with E-state index in [1.807, 2.05) is 0 Å². The maximum absolute atomic E-state index is 10.2. The van der Waals surface area contributed by atoms with Crippen LogP contribution < -0.4 is 0 Å². The van der Waals surface area contributed by atoms with Gasteiger partial charge < -0.3 is 10.2 Å². The van der Waals surface area contributed by atoms with Crippen LogP contribution in [0.3, 0.4) is 0 Å². The minimum Gasteiger partial charge on any atom is -0.478 e. The first-order valence-electron chi connectivity index (χ1n) is 3.62. The molecule has 2 N–H and O–H groups in total. The number of rotatable bonds is 4. The van der Waals surface area contributed by atoms with Gasteiger partial charge in [0.05, 0.1) is 6.10 Å². The number of aliphatic carboxylic acids is 1. The molecule has 1 atom stereocenters. The molecule has 0 aromatic rings. The fourth-order valence-electron chi connectivity index (χ4n) is 0.628. The van der Waals surface area contributed by atoms with E-state index in [9.17, 15) is 4.79 Å². The molecule has 0 spiro atoms. The second-order valence-electron chi connectivity index (χ2n) is 2.62. The first kappa shape index (κ1) is 10.2. The molecule has 0 aromatic carbocycles. The summed E-state index contributed by atoms with van der Waals surface area (Å²) in [5.74, 6) is -0.893. The Morgan fingerprint density at radius 1 is 1.64 bits per heavy atom. The maximum atomic E-state index is 10.2. The fourth-order valence-corrected chi connectivity index (χ4v) is 0.628. The molecule has 1 unspecified atom stereocenters. The molecule has 0 bridgehead atoms. The molecular weight excluding hydrogens is 144 g/mol. The Hall–Kier alpha value is -0.830. The molecule has 0 fully saturated rings. The summed E-state index contributed by atoms with van der Waals surface area (Å²) in [4.78, 5) is 10.2. The molecule has 0 radical (unpaired) electrons. The van der Waals surface area contributed by atoms with Gasteiger partial charge >= 0.3 is 5.97 Å². The van der Waals surface area contributed by atoms with Crippen LogP contribution in [0.2, 0.25) is 0 Å². The molecule has 0 heterocycles. The van der Waals surface area contributed by atoms with E-state index < -0.39 is 5.97 Å². The van der Waals surface area contributed by atoms with Crippen LogP contribution in [0.5, 0.6) is 0 Å². The predicted octanol–water partition coefficient (Wildman–Crippen LogP) is 1.18. The van der Waals surface area contributed by atoms with Gasteiger partial charge in [0, 0.05) is 5.57 Å². The second kappa shape index (κ2) is 4.91. The Labute approximate surface area is 66.4 Å². The Balaban J connectivity index is 3.65. The number of aliphatic hydroxyl groups is 1. The number of allylic oxidation sites excluding steroid dienone is 1. The first-order valence-corrected chi connectivity index (χ1v) is 3.62. The minimum absolute atomic E-state index is 0.339. The standard InChI is InChI=1S/C8H14O3/c1-6(8(10)11)4-3-5-7(2)9/h4,7,9H,3,5H2,1-2H3,(H,10,11). The number of carbonyl (C=O) groups is 1. The van der Waals surface area contributed by atoms with Crippen LogP contribution in [0.4, 0.5) is 0 Å². The van der Waals surface area contributed by atoms with Gasteiger partial charge in [-0.05, 0) is 26.7 Å². The number of hydrogen-bond donors (Lipinski definition) is 2. The lowest BCUT2D eigenvalue weighted by atomic mass is 10.1. The summed E-state index contributed by atoms with van der Waals surface area (Å²) < 4.78 is 0. The highest BCUT2D eigenvalue weighted by molar-refractivity contribution is 5.85. The molecule has 3 heteroatoms. The zero-order valence-electron chi connectivity index (χ0n) is 6.87. The Kier molecular flexibility index (Phi) is 4.54. The van der Waals surface area contributed by atoms with Crippen LogP contribution >= 0.6 is 0 Å². The third kappa shape index (κ3) is 5.61. The van der Waals surface area contributed by atoms with Crippen molar-refractivity contribution >= 4 is 5.97 Å². The summed E-state index contributed by atoms with van der Waals surface area (Å²) >= 11 is 0. The van der Waals surface area contributed by atoms with E-state index >= 15 is 0 Å². The zero-order valence-corrected chi connectivity index (χ0v) is 6.87. The van der Waals surface area contributed by atoms with Gasteiger partial charge in [-0.3, -0.25) is 0 Å². The molecule has 0 rings (SSSR count). The third-order valence-corrected chi connectivity index (χ3v) is 1.37. The van der Waals surface area contributed by atoms with Crippen molar-refractivity contribution in [1.29, 1.82) is 0 Å². The van der Waals surface area contributed by atoms with Crippen molar-refractivity contribution in [2.75, 3.05) is 0 Å².